The van der Waals surface area contributed by atoms with Gasteiger partial charge in [0.25, 0.3) is 0 Å². The molecule has 4 heteroatoms. The Bertz CT molecular complexity index is 376. The van der Waals surface area contributed by atoms with Gasteiger partial charge in [-0.2, -0.15) is 0 Å². The smallest absolute Gasteiger partial charge is 0.222 e. The van der Waals surface area contributed by atoms with Gasteiger partial charge >= 0.3 is 0 Å². The van der Waals surface area contributed by atoms with Gasteiger partial charge in [0.05, 0.1) is 0 Å². The molecule has 1 aromatic rings. The van der Waals surface area contributed by atoms with Crippen LogP contribution in [0.5, 0.6) is 0 Å². The molecule has 0 aliphatic rings. The summed E-state index contributed by atoms with van der Waals surface area (Å²) in [5.74, 6) is 0.180. The lowest BCUT2D eigenvalue weighted by Crippen LogP contribution is -2.30. The van der Waals surface area contributed by atoms with Crippen molar-refractivity contribution in [1.29, 1.82) is 0 Å². The maximum absolute atomic E-state index is 12.1. The van der Waals surface area contributed by atoms with E-state index in [4.69, 9.17) is 10.5 Å². The minimum Gasteiger partial charge on any atom is -0.399 e. The monoisotopic (exact) mass is 264 g/mol. The molecular weight excluding hydrogens is 240 g/mol. The van der Waals surface area contributed by atoms with Gasteiger partial charge in [-0.25, -0.2) is 0 Å². The fourth-order valence-electron chi connectivity index (χ4n) is 1.85. The second-order valence-electron chi connectivity index (χ2n) is 4.45. The van der Waals surface area contributed by atoms with E-state index in [1.54, 1.807) is 0 Å². The molecule has 4 nitrogen and oxygen atoms in total. The highest BCUT2D eigenvalue weighted by Crippen LogP contribution is 2.10. The Hall–Kier alpha value is -1.55. The number of rotatable bonds is 8. The predicted molar refractivity (Wildman–Crippen MR) is 77.7 cm³/mol. The van der Waals surface area contributed by atoms with E-state index in [1.807, 2.05) is 43.0 Å². The second kappa shape index (κ2) is 8.53. The van der Waals surface area contributed by atoms with E-state index in [-0.39, 0.29) is 5.91 Å². The maximum Gasteiger partial charge on any atom is 0.222 e. The molecular formula is C15H24N2O2. The minimum absolute atomic E-state index is 0.180. The summed E-state index contributed by atoms with van der Waals surface area (Å²) in [6.45, 7) is 6.68. The first-order chi connectivity index (χ1) is 9.17. The van der Waals surface area contributed by atoms with Crippen LogP contribution in [-0.4, -0.2) is 30.6 Å². The van der Waals surface area contributed by atoms with Crippen LogP contribution < -0.4 is 5.73 Å². The summed E-state index contributed by atoms with van der Waals surface area (Å²) in [7, 11) is 0. The number of nitrogens with two attached hydrogens (primary N) is 1. The molecule has 2 N–H and O–H groups in total. The summed E-state index contributed by atoms with van der Waals surface area (Å²) in [5.41, 5.74) is 7.50. The van der Waals surface area contributed by atoms with Crippen LogP contribution in [0.3, 0.4) is 0 Å². The zero-order chi connectivity index (χ0) is 14.1. The summed E-state index contributed by atoms with van der Waals surface area (Å²) in [6, 6.07) is 7.66. The van der Waals surface area contributed by atoms with E-state index in [0.29, 0.717) is 26.2 Å². The molecule has 0 radical (unpaired) electrons. The lowest BCUT2D eigenvalue weighted by Gasteiger charge is -2.21. The molecule has 0 saturated carbocycles. The van der Waals surface area contributed by atoms with Gasteiger partial charge in [-0.05, 0) is 38.0 Å². The van der Waals surface area contributed by atoms with E-state index in [1.165, 1.54) is 0 Å². The Kier molecular flexibility index (Phi) is 6.97. The topological polar surface area (TPSA) is 55.6 Å². The third-order valence-electron chi connectivity index (χ3n) is 2.97. The van der Waals surface area contributed by atoms with Crippen LogP contribution in [0.25, 0.3) is 0 Å². The zero-order valence-corrected chi connectivity index (χ0v) is 11.9. The molecule has 0 saturated heterocycles. The van der Waals surface area contributed by atoms with Gasteiger partial charge < -0.3 is 15.4 Å². The molecule has 0 spiro atoms. The van der Waals surface area contributed by atoms with Crippen LogP contribution in [0.15, 0.2) is 24.3 Å². The van der Waals surface area contributed by atoms with Crippen LogP contribution in [0.2, 0.25) is 0 Å². The van der Waals surface area contributed by atoms with Crippen molar-refractivity contribution in [1.82, 2.24) is 4.90 Å². The number of hydrogen-bond donors (Lipinski definition) is 1. The molecule has 19 heavy (non-hydrogen) atoms. The SMILES string of the molecule is CCOCCCC(=O)N(CC)Cc1ccc(N)cc1. The Morgan fingerprint density at radius 1 is 1.26 bits per heavy atom. The molecule has 0 aliphatic carbocycles. The van der Waals surface area contributed by atoms with Crippen LogP contribution in [0, 0.1) is 0 Å². The molecule has 1 rings (SSSR count). The maximum atomic E-state index is 12.1. The molecule has 1 amide bonds. The van der Waals surface area contributed by atoms with Gasteiger partial charge in [0.1, 0.15) is 0 Å². The molecule has 1 aromatic carbocycles. The second-order valence-corrected chi connectivity index (χ2v) is 4.45. The summed E-state index contributed by atoms with van der Waals surface area (Å²) in [5, 5.41) is 0. The molecule has 0 atom stereocenters. The molecule has 0 heterocycles. The Labute approximate surface area is 115 Å². The average Bonchev–Trinajstić information content (AvgIpc) is 2.42. The van der Waals surface area contributed by atoms with Crippen molar-refractivity contribution >= 4 is 11.6 Å². The summed E-state index contributed by atoms with van der Waals surface area (Å²) >= 11 is 0. The Morgan fingerprint density at radius 2 is 1.95 bits per heavy atom. The fraction of sp³-hybridized carbons (Fsp3) is 0.533. The van der Waals surface area contributed by atoms with Crippen molar-refractivity contribution in [2.45, 2.75) is 33.2 Å². The zero-order valence-electron chi connectivity index (χ0n) is 11.9. The van der Waals surface area contributed by atoms with Crippen LogP contribution in [0.1, 0.15) is 32.3 Å². The number of hydrogen-bond acceptors (Lipinski definition) is 3. The lowest BCUT2D eigenvalue weighted by molar-refractivity contribution is -0.132. The number of ether oxygens (including phenoxy) is 1. The highest BCUT2D eigenvalue weighted by atomic mass is 16.5. The van der Waals surface area contributed by atoms with E-state index in [0.717, 1.165) is 24.2 Å². The number of carbonyl (C=O) groups is 1. The van der Waals surface area contributed by atoms with Crippen molar-refractivity contribution in [2.24, 2.45) is 0 Å². The Balaban J connectivity index is 2.43. The first-order valence-corrected chi connectivity index (χ1v) is 6.87. The van der Waals surface area contributed by atoms with Crippen molar-refractivity contribution in [2.75, 3.05) is 25.5 Å². The third kappa shape index (κ3) is 5.75. The van der Waals surface area contributed by atoms with Gasteiger partial charge in [-0.3, -0.25) is 4.79 Å². The first kappa shape index (κ1) is 15.5. The van der Waals surface area contributed by atoms with Crippen LogP contribution in [0.4, 0.5) is 5.69 Å². The first-order valence-electron chi connectivity index (χ1n) is 6.87. The van der Waals surface area contributed by atoms with Crippen molar-refractivity contribution in [3.63, 3.8) is 0 Å². The van der Waals surface area contributed by atoms with Crippen LogP contribution in [-0.2, 0) is 16.1 Å². The Morgan fingerprint density at radius 3 is 2.53 bits per heavy atom. The largest absolute Gasteiger partial charge is 0.399 e. The van der Waals surface area contributed by atoms with Gasteiger partial charge in [0, 0.05) is 38.4 Å². The number of anilines is 1. The number of nitrogens with zero attached hydrogens (tertiary/aromatic N) is 1. The van der Waals surface area contributed by atoms with Crippen molar-refractivity contribution < 1.29 is 9.53 Å². The summed E-state index contributed by atoms with van der Waals surface area (Å²) < 4.78 is 5.24. The standard InChI is InChI=1S/C15H24N2O2/c1-3-17(15(18)6-5-11-19-4-2)12-13-7-9-14(16)10-8-13/h7-10H,3-6,11-12,16H2,1-2H3. The van der Waals surface area contributed by atoms with Gasteiger partial charge in [0.15, 0.2) is 0 Å². The quantitative estimate of drug-likeness (QED) is 0.579. The van der Waals surface area contributed by atoms with E-state index < -0.39 is 0 Å². The highest BCUT2D eigenvalue weighted by molar-refractivity contribution is 5.76. The van der Waals surface area contributed by atoms with Crippen LogP contribution >= 0.6 is 0 Å². The molecule has 0 bridgehead atoms. The normalized spacial score (nSPS) is 10.4. The molecule has 106 valence electrons. The molecule has 0 fully saturated rings. The molecule has 0 aromatic heterocycles. The highest BCUT2D eigenvalue weighted by Gasteiger charge is 2.11. The van der Waals surface area contributed by atoms with Crippen molar-refractivity contribution in [3.8, 4) is 0 Å². The molecule has 0 aliphatic heterocycles. The number of carbonyl (C=O) groups excluding carboxylic acids is 1. The fourth-order valence-corrected chi connectivity index (χ4v) is 1.85. The number of benzene rings is 1. The summed E-state index contributed by atoms with van der Waals surface area (Å²) in [4.78, 5) is 13.9. The number of amides is 1. The van der Waals surface area contributed by atoms with Gasteiger partial charge in [-0.1, -0.05) is 12.1 Å². The molecule has 0 unspecified atom stereocenters. The van der Waals surface area contributed by atoms with Crippen molar-refractivity contribution in [3.05, 3.63) is 29.8 Å². The number of nitrogen functional groups attached to an aromatic ring is 1. The lowest BCUT2D eigenvalue weighted by atomic mass is 10.2. The summed E-state index contributed by atoms with van der Waals surface area (Å²) in [6.07, 6.45) is 1.33. The minimum atomic E-state index is 0.180. The van der Waals surface area contributed by atoms with E-state index in [9.17, 15) is 4.79 Å². The third-order valence-corrected chi connectivity index (χ3v) is 2.97. The van der Waals surface area contributed by atoms with Gasteiger partial charge in [0.2, 0.25) is 5.91 Å². The predicted octanol–water partition coefficient (Wildman–Crippen LogP) is 2.43. The van der Waals surface area contributed by atoms with Gasteiger partial charge in [-0.15, -0.1) is 0 Å². The average molecular weight is 264 g/mol. The van der Waals surface area contributed by atoms with E-state index >= 15 is 0 Å². The van der Waals surface area contributed by atoms with E-state index in [2.05, 4.69) is 0 Å².